The average molecular weight is 190 g/mol. The predicted molar refractivity (Wildman–Crippen MR) is 38.9 cm³/mol. The van der Waals surface area contributed by atoms with E-state index >= 15 is 0 Å². The Balaban J connectivity index is 2.88. The van der Waals surface area contributed by atoms with Gasteiger partial charge in [-0.25, -0.2) is 4.79 Å². The fourth-order valence-electron chi connectivity index (χ4n) is 1.02. The van der Waals surface area contributed by atoms with E-state index in [0.717, 1.165) is 5.06 Å². The summed E-state index contributed by atoms with van der Waals surface area (Å²) in [7, 11) is 3.76. The molecular weight excluding hydrogens is 180 g/mol. The van der Waals surface area contributed by atoms with Crippen molar-refractivity contribution in [1.29, 1.82) is 0 Å². The van der Waals surface area contributed by atoms with Crippen molar-refractivity contribution in [2.24, 2.45) is 0 Å². The highest BCUT2D eigenvalue weighted by atomic mass is 16.8. The lowest BCUT2D eigenvalue weighted by Crippen LogP contribution is -2.35. The Kier molecular flexibility index (Phi) is 2.81. The highest BCUT2D eigenvalue weighted by molar-refractivity contribution is 6.01. The molecule has 7 heteroatoms. The first-order valence-electron chi connectivity index (χ1n) is 3.45. The summed E-state index contributed by atoms with van der Waals surface area (Å²) in [5, 5.41) is 1.35. The van der Waals surface area contributed by atoms with E-state index in [2.05, 4.69) is 9.68 Å². The molecule has 1 unspecified atom stereocenters. The number of hydrogen-bond acceptors (Lipinski definition) is 5. The molecule has 1 heterocycles. The van der Waals surface area contributed by atoms with Crippen LogP contribution in [0.1, 0.15) is 0 Å². The van der Waals surface area contributed by atoms with E-state index in [9.17, 15) is 9.59 Å². The van der Waals surface area contributed by atoms with Gasteiger partial charge in [-0.3, -0.25) is 14.5 Å². The van der Waals surface area contributed by atoms with Gasteiger partial charge in [-0.2, -0.15) is 5.06 Å². The molecule has 13 heavy (non-hydrogen) atoms. The quantitative estimate of drug-likeness (QED) is 0.553. The third-order valence-electron chi connectivity index (χ3n) is 1.59. The van der Waals surface area contributed by atoms with Crippen LogP contribution < -0.4 is 0 Å². The van der Waals surface area contributed by atoms with Gasteiger partial charge in [0.05, 0.1) is 14.2 Å². The predicted octanol–water partition coefficient (Wildman–Crippen LogP) is -0.654. The van der Waals surface area contributed by atoms with Crippen LogP contribution >= 0.6 is 0 Å². The van der Waals surface area contributed by atoms with Crippen LogP contribution in [0.3, 0.4) is 0 Å². The molecule has 74 valence electrons. The standard InChI is InChI=1S/C6H10N2O5/c1-11-5-4(9)7(12-2)6(10)8(5)13-3/h5H,1-3H3. The van der Waals surface area contributed by atoms with E-state index in [1.165, 1.54) is 21.3 Å². The number of carbonyl (C=O) groups is 2. The van der Waals surface area contributed by atoms with E-state index < -0.39 is 18.2 Å². The second kappa shape index (κ2) is 3.69. The molecule has 1 rings (SSSR count). The Bertz CT molecular complexity index is 209. The lowest BCUT2D eigenvalue weighted by molar-refractivity contribution is -0.183. The van der Waals surface area contributed by atoms with E-state index in [-0.39, 0.29) is 0 Å². The fraction of sp³-hybridized carbons (Fsp3) is 0.667. The van der Waals surface area contributed by atoms with Gasteiger partial charge in [0.25, 0.3) is 0 Å². The summed E-state index contributed by atoms with van der Waals surface area (Å²) in [6, 6.07) is -0.707. The Morgan fingerprint density at radius 1 is 1.15 bits per heavy atom. The van der Waals surface area contributed by atoms with Crippen LogP contribution in [0.2, 0.25) is 0 Å². The third-order valence-corrected chi connectivity index (χ3v) is 1.59. The number of hydroxylamine groups is 4. The number of hydrogen-bond donors (Lipinski definition) is 0. The van der Waals surface area contributed by atoms with Crippen LogP contribution in [0, 0.1) is 0 Å². The molecule has 0 aromatic rings. The van der Waals surface area contributed by atoms with Crippen molar-refractivity contribution in [3.05, 3.63) is 0 Å². The minimum atomic E-state index is -1.07. The van der Waals surface area contributed by atoms with Crippen LogP contribution in [-0.4, -0.2) is 49.6 Å². The summed E-state index contributed by atoms with van der Waals surface area (Å²) in [4.78, 5) is 31.7. The highest BCUT2D eigenvalue weighted by Gasteiger charge is 2.47. The minimum Gasteiger partial charge on any atom is -0.351 e. The maximum Gasteiger partial charge on any atom is 0.378 e. The van der Waals surface area contributed by atoms with Crippen molar-refractivity contribution in [3.63, 3.8) is 0 Å². The van der Waals surface area contributed by atoms with E-state index in [1.807, 2.05) is 0 Å². The molecule has 0 aromatic carbocycles. The molecular formula is C6H10N2O5. The molecule has 1 atom stereocenters. The van der Waals surface area contributed by atoms with Crippen molar-refractivity contribution >= 4 is 11.9 Å². The molecule has 0 saturated carbocycles. The molecule has 1 fully saturated rings. The second-order valence-electron chi connectivity index (χ2n) is 2.19. The summed E-state index contributed by atoms with van der Waals surface area (Å²) >= 11 is 0. The van der Waals surface area contributed by atoms with Gasteiger partial charge in [-0.1, -0.05) is 0 Å². The van der Waals surface area contributed by atoms with E-state index in [4.69, 9.17) is 4.74 Å². The first-order chi connectivity index (χ1) is 6.17. The van der Waals surface area contributed by atoms with Crippen molar-refractivity contribution in [3.8, 4) is 0 Å². The Hall–Kier alpha value is -1.18. The van der Waals surface area contributed by atoms with Crippen LogP contribution in [-0.2, 0) is 19.2 Å². The lowest BCUT2D eigenvalue weighted by atomic mass is 10.6. The summed E-state index contributed by atoms with van der Waals surface area (Å²) in [5.41, 5.74) is 0. The normalized spacial score (nSPS) is 23.2. The van der Waals surface area contributed by atoms with Gasteiger partial charge in [0.2, 0.25) is 6.23 Å². The zero-order chi connectivity index (χ0) is 10.0. The molecule has 0 N–H and O–H groups in total. The minimum absolute atomic E-state index is 0.567. The van der Waals surface area contributed by atoms with Crippen molar-refractivity contribution in [1.82, 2.24) is 10.1 Å². The van der Waals surface area contributed by atoms with Gasteiger partial charge in [-0.05, 0) is 0 Å². The zero-order valence-corrected chi connectivity index (χ0v) is 7.51. The lowest BCUT2D eigenvalue weighted by Gasteiger charge is -2.15. The highest BCUT2D eigenvalue weighted by Crippen LogP contribution is 2.17. The summed E-state index contributed by atoms with van der Waals surface area (Å²) in [5.74, 6) is -0.614. The molecule has 1 aliphatic rings. The summed E-state index contributed by atoms with van der Waals surface area (Å²) in [6.07, 6.45) is -1.07. The van der Waals surface area contributed by atoms with Gasteiger partial charge in [-0.15, -0.1) is 5.06 Å². The summed E-state index contributed by atoms with van der Waals surface area (Å²) in [6.45, 7) is 0. The topological polar surface area (TPSA) is 68.3 Å². The van der Waals surface area contributed by atoms with Crippen molar-refractivity contribution < 1.29 is 24.0 Å². The van der Waals surface area contributed by atoms with E-state index in [1.54, 1.807) is 0 Å². The monoisotopic (exact) mass is 190 g/mol. The SMILES string of the molecule is COC1C(=O)N(OC)C(=O)N1OC. The number of rotatable bonds is 3. The van der Waals surface area contributed by atoms with Gasteiger partial charge < -0.3 is 4.74 Å². The molecule has 0 bridgehead atoms. The maximum absolute atomic E-state index is 11.3. The average Bonchev–Trinajstić information content (AvgIpc) is 2.36. The van der Waals surface area contributed by atoms with Crippen LogP contribution in [0.5, 0.6) is 0 Å². The van der Waals surface area contributed by atoms with Gasteiger partial charge >= 0.3 is 11.9 Å². The van der Waals surface area contributed by atoms with Crippen LogP contribution in [0.4, 0.5) is 4.79 Å². The van der Waals surface area contributed by atoms with Crippen molar-refractivity contribution in [2.75, 3.05) is 21.3 Å². The second-order valence-corrected chi connectivity index (χ2v) is 2.19. The molecule has 1 aliphatic heterocycles. The fourth-order valence-corrected chi connectivity index (χ4v) is 1.02. The smallest absolute Gasteiger partial charge is 0.351 e. The molecule has 0 spiro atoms. The molecule has 0 aromatic heterocycles. The number of methoxy groups -OCH3 is 1. The van der Waals surface area contributed by atoms with Gasteiger partial charge in [0, 0.05) is 7.11 Å². The number of imide groups is 1. The molecule has 3 amide bonds. The number of carbonyl (C=O) groups excluding carboxylic acids is 2. The molecule has 1 saturated heterocycles. The van der Waals surface area contributed by atoms with Crippen molar-refractivity contribution in [2.45, 2.75) is 6.23 Å². The largest absolute Gasteiger partial charge is 0.378 e. The van der Waals surface area contributed by atoms with Gasteiger partial charge in [0.1, 0.15) is 0 Å². The molecule has 0 aliphatic carbocycles. The zero-order valence-electron chi connectivity index (χ0n) is 7.51. The Labute approximate surface area is 74.6 Å². The number of ether oxygens (including phenoxy) is 1. The number of urea groups is 1. The molecule has 0 radical (unpaired) electrons. The first-order valence-corrected chi connectivity index (χ1v) is 3.45. The van der Waals surface area contributed by atoms with Crippen LogP contribution in [0.25, 0.3) is 0 Å². The third kappa shape index (κ3) is 1.37. The Morgan fingerprint density at radius 3 is 2.08 bits per heavy atom. The van der Waals surface area contributed by atoms with Gasteiger partial charge in [0.15, 0.2) is 0 Å². The van der Waals surface area contributed by atoms with E-state index in [0.29, 0.717) is 5.06 Å². The molecule has 7 nitrogen and oxygen atoms in total. The number of amides is 3. The van der Waals surface area contributed by atoms with Crippen LogP contribution in [0.15, 0.2) is 0 Å². The Morgan fingerprint density at radius 2 is 1.77 bits per heavy atom. The first kappa shape index (κ1) is 9.90. The maximum atomic E-state index is 11.3. The number of nitrogens with zero attached hydrogens (tertiary/aromatic N) is 2. The summed E-state index contributed by atoms with van der Waals surface area (Å²) < 4.78 is 4.74.